The Morgan fingerprint density at radius 1 is 1.08 bits per heavy atom. The molecule has 2 aromatic heterocycles. The van der Waals surface area contributed by atoms with Crippen molar-refractivity contribution in [3.8, 4) is 10.4 Å². The molecule has 2 amide bonds. The number of pyridine rings is 1. The molecule has 5 heterocycles. The predicted octanol–water partition coefficient (Wildman–Crippen LogP) is 4.43. The van der Waals surface area contributed by atoms with Crippen LogP contribution in [0.15, 0.2) is 12.3 Å². The lowest BCUT2D eigenvalue weighted by Crippen LogP contribution is -2.41. The number of amides is 2. The van der Waals surface area contributed by atoms with E-state index in [-0.39, 0.29) is 80.9 Å². The smallest absolute Gasteiger partial charge is 0.280 e. The maximum atomic E-state index is 14.3. The van der Waals surface area contributed by atoms with Gasteiger partial charge in [-0.25, -0.2) is 27.2 Å². The van der Waals surface area contributed by atoms with Crippen molar-refractivity contribution in [1.29, 1.82) is 0 Å². The highest BCUT2D eigenvalue weighted by Gasteiger charge is 2.44. The molecule has 0 spiro atoms. The number of hydrogen-bond acceptors (Lipinski definition) is 8. The molecule has 3 saturated heterocycles. The summed E-state index contributed by atoms with van der Waals surface area (Å²) in [6, 6.07) is 1.11. The number of aromatic nitrogens is 2. The van der Waals surface area contributed by atoms with Crippen molar-refractivity contribution < 1.29 is 26.8 Å². The van der Waals surface area contributed by atoms with Gasteiger partial charge in [0.15, 0.2) is 5.01 Å². The van der Waals surface area contributed by atoms with Gasteiger partial charge in [-0.15, -0.1) is 11.3 Å². The van der Waals surface area contributed by atoms with Crippen LogP contribution < -0.4 is 10.6 Å². The zero-order valence-electron chi connectivity index (χ0n) is 22.2. The third-order valence-corrected chi connectivity index (χ3v) is 10.3. The number of nitrogens with zero attached hydrogens (tertiary/aromatic N) is 3. The molecule has 9 nitrogen and oxygen atoms in total. The predicted molar refractivity (Wildman–Crippen MR) is 145 cm³/mol. The van der Waals surface area contributed by atoms with Gasteiger partial charge >= 0.3 is 0 Å². The van der Waals surface area contributed by atoms with Gasteiger partial charge in [0.05, 0.1) is 16.4 Å². The Bertz CT molecular complexity index is 1360. The summed E-state index contributed by atoms with van der Waals surface area (Å²) < 4.78 is 52.2. The minimum atomic E-state index is -3.11. The molecule has 2 bridgehead atoms. The number of halogens is 2. The largest absolute Gasteiger partial charge is 0.365 e. The number of carbonyl (C=O) groups excluding carboxylic acids is 2. The Labute approximate surface area is 230 Å². The number of thiazole rings is 1. The lowest BCUT2D eigenvalue weighted by molar-refractivity contribution is 0.0725. The molecule has 13 heteroatoms. The average Bonchev–Trinajstić information content (AvgIpc) is 3.58. The second kappa shape index (κ2) is 10.4. The van der Waals surface area contributed by atoms with Crippen molar-refractivity contribution in [2.75, 3.05) is 16.8 Å². The van der Waals surface area contributed by atoms with E-state index in [1.54, 1.807) is 4.90 Å². The number of sulfone groups is 1. The summed E-state index contributed by atoms with van der Waals surface area (Å²) in [4.78, 5) is 37.7. The quantitative estimate of drug-likeness (QED) is 0.518. The molecular formula is C26H33F2N5O4S2. The van der Waals surface area contributed by atoms with Crippen LogP contribution in [0, 0.1) is 0 Å². The summed E-state index contributed by atoms with van der Waals surface area (Å²) in [6.07, 6.45) is 2.61. The van der Waals surface area contributed by atoms with Crippen LogP contribution in [0.4, 0.5) is 14.6 Å². The molecule has 3 fully saturated rings. The van der Waals surface area contributed by atoms with Gasteiger partial charge in [0.2, 0.25) is 0 Å². The van der Waals surface area contributed by atoms with Crippen LogP contribution in [0.2, 0.25) is 0 Å². The van der Waals surface area contributed by atoms with E-state index >= 15 is 0 Å². The number of anilines is 1. The van der Waals surface area contributed by atoms with Crippen molar-refractivity contribution in [1.82, 2.24) is 20.2 Å². The molecule has 0 aliphatic carbocycles. The molecule has 39 heavy (non-hydrogen) atoms. The van der Waals surface area contributed by atoms with Crippen LogP contribution in [-0.2, 0) is 9.84 Å². The van der Waals surface area contributed by atoms with Crippen LogP contribution in [0.1, 0.15) is 91.6 Å². The van der Waals surface area contributed by atoms with E-state index in [1.807, 2.05) is 20.8 Å². The van der Waals surface area contributed by atoms with Crippen molar-refractivity contribution in [3.05, 3.63) is 28.5 Å². The standard InChI is InChI=1S/C26H33F2N5O4S2/c1-26(2,3)32-19-12-17(22(27)28)18(13-29-19)21-20(25(35)33-15-4-5-16(33)7-6-15)31-24(38-21)23(34)30-14-8-10-39(36,37)11-9-14/h12-16,22H,4-11H2,1-3H3,(H,29,32)(H,30,34). The van der Waals surface area contributed by atoms with E-state index in [1.165, 1.54) is 12.3 Å². The minimum Gasteiger partial charge on any atom is -0.365 e. The molecule has 0 atom stereocenters. The van der Waals surface area contributed by atoms with Crippen molar-refractivity contribution >= 4 is 38.8 Å². The molecule has 0 aromatic carbocycles. The molecule has 2 N–H and O–H groups in total. The van der Waals surface area contributed by atoms with Gasteiger partial charge in [0.1, 0.15) is 21.3 Å². The monoisotopic (exact) mass is 581 g/mol. The van der Waals surface area contributed by atoms with Gasteiger partial charge in [-0.05, 0) is 65.4 Å². The SMILES string of the molecule is CC(C)(C)Nc1cc(C(F)F)c(-c2sc(C(=O)NC3CCS(=O)(=O)CC3)nc2C(=O)N2C3CCC2CC3)cn1. The first-order valence-corrected chi connectivity index (χ1v) is 15.9. The molecule has 0 unspecified atom stereocenters. The number of rotatable bonds is 6. The van der Waals surface area contributed by atoms with E-state index < -0.39 is 27.7 Å². The Morgan fingerprint density at radius 3 is 2.26 bits per heavy atom. The first-order valence-electron chi connectivity index (χ1n) is 13.2. The van der Waals surface area contributed by atoms with Crippen LogP contribution in [0.5, 0.6) is 0 Å². The lowest BCUT2D eigenvalue weighted by atomic mass is 10.0. The van der Waals surface area contributed by atoms with E-state index in [0.29, 0.717) is 0 Å². The Kier molecular flexibility index (Phi) is 7.42. The van der Waals surface area contributed by atoms with Crippen molar-refractivity contribution in [3.63, 3.8) is 0 Å². The highest BCUT2D eigenvalue weighted by atomic mass is 32.2. The maximum absolute atomic E-state index is 14.3. The minimum absolute atomic E-state index is 0.0130. The number of hydrogen-bond donors (Lipinski definition) is 2. The van der Waals surface area contributed by atoms with Crippen LogP contribution in [0.3, 0.4) is 0 Å². The molecule has 2 aromatic rings. The number of alkyl halides is 2. The summed E-state index contributed by atoms with van der Waals surface area (Å²) in [5, 5.41) is 5.89. The van der Waals surface area contributed by atoms with Gasteiger partial charge in [0.25, 0.3) is 18.2 Å². The zero-order valence-corrected chi connectivity index (χ0v) is 23.8. The zero-order chi connectivity index (χ0) is 28.1. The van der Waals surface area contributed by atoms with Crippen molar-refractivity contribution in [2.45, 2.75) is 89.4 Å². The summed E-state index contributed by atoms with van der Waals surface area (Å²) in [5.41, 5.74) is -0.656. The van der Waals surface area contributed by atoms with E-state index in [4.69, 9.17) is 0 Å². The summed E-state index contributed by atoms with van der Waals surface area (Å²) >= 11 is 0.887. The van der Waals surface area contributed by atoms with Gasteiger partial charge in [-0.2, -0.15) is 0 Å². The Balaban J connectivity index is 1.52. The van der Waals surface area contributed by atoms with Gasteiger partial charge in [-0.1, -0.05) is 0 Å². The summed E-state index contributed by atoms with van der Waals surface area (Å²) in [6.45, 7) is 5.67. The lowest BCUT2D eigenvalue weighted by Gasteiger charge is -2.23. The molecule has 5 rings (SSSR count). The Morgan fingerprint density at radius 2 is 1.69 bits per heavy atom. The molecule has 0 radical (unpaired) electrons. The second-order valence-electron chi connectivity index (χ2n) is 11.6. The maximum Gasteiger partial charge on any atom is 0.280 e. The van der Waals surface area contributed by atoms with Crippen LogP contribution >= 0.6 is 11.3 Å². The second-order valence-corrected chi connectivity index (χ2v) is 14.9. The van der Waals surface area contributed by atoms with Gasteiger partial charge in [0, 0.05) is 41.0 Å². The molecule has 3 aliphatic rings. The van der Waals surface area contributed by atoms with E-state index in [0.717, 1.165) is 37.0 Å². The normalized spacial score (nSPS) is 22.9. The highest BCUT2D eigenvalue weighted by Crippen LogP contribution is 2.42. The van der Waals surface area contributed by atoms with Gasteiger partial charge in [-0.3, -0.25) is 9.59 Å². The molecule has 212 valence electrons. The first kappa shape index (κ1) is 27.9. The van der Waals surface area contributed by atoms with E-state index in [9.17, 15) is 26.8 Å². The molecule has 0 saturated carbocycles. The molecular weight excluding hydrogens is 548 g/mol. The number of nitrogens with one attached hydrogen (secondary N) is 2. The van der Waals surface area contributed by atoms with E-state index in [2.05, 4.69) is 20.6 Å². The van der Waals surface area contributed by atoms with Crippen LogP contribution in [-0.4, -0.2) is 70.3 Å². The highest BCUT2D eigenvalue weighted by molar-refractivity contribution is 7.91. The van der Waals surface area contributed by atoms with Crippen molar-refractivity contribution in [2.24, 2.45) is 0 Å². The van der Waals surface area contributed by atoms with Crippen LogP contribution in [0.25, 0.3) is 10.4 Å². The fourth-order valence-electron chi connectivity index (χ4n) is 5.69. The third-order valence-electron chi connectivity index (χ3n) is 7.52. The summed E-state index contributed by atoms with van der Waals surface area (Å²) in [5.74, 6) is -0.651. The fraction of sp³-hybridized carbons (Fsp3) is 0.615. The number of carbonyl (C=O) groups is 2. The molecule has 3 aliphatic heterocycles. The topological polar surface area (TPSA) is 121 Å². The van der Waals surface area contributed by atoms with Gasteiger partial charge < -0.3 is 15.5 Å². The summed E-state index contributed by atoms with van der Waals surface area (Å²) in [7, 11) is -3.11. The average molecular weight is 582 g/mol. The Hall–Kier alpha value is -2.67. The first-order chi connectivity index (χ1) is 18.3. The third kappa shape index (κ3) is 5.93. The fourth-order valence-corrected chi connectivity index (χ4v) is 8.17. The number of fused-ring (bicyclic) bond motifs is 2.